The summed E-state index contributed by atoms with van der Waals surface area (Å²) in [7, 11) is 1.72. The third-order valence-corrected chi connectivity index (χ3v) is 3.22. The van der Waals surface area contributed by atoms with Gasteiger partial charge in [0.05, 0.1) is 0 Å². The number of carbonyl (C=O) groups is 2. The molecule has 102 valence electrons. The van der Waals surface area contributed by atoms with Gasteiger partial charge in [0, 0.05) is 31.8 Å². The van der Waals surface area contributed by atoms with Crippen LogP contribution in [0.1, 0.15) is 20.3 Å². The Balaban J connectivity index is 2.11. The standard InChI is InChI=1S/C14H18N2O3/c1-9-7-13(14(18)19-9)15-11-5-4-6-12(8-11)16(3)10(2)17/h4-6,8-9,13,15H,7H2,1-3H3/t9-,13-/m1/s1. The van der Waals surface area contributed by atoms with E-state index in [2.05, 4.69) is 5.32 Å². The van der Waals surface area contributed by atoms with Crippen molar-refractivity contribution in [3.8, 4) is 0 Å². The summed E-state index contributed by atoms with van der Waals surface area (Å²) in [6, 6.07) is 7.10. The van der Waals surface area contributed by atoms with E-state index in [1.807, 2.05) is 31.2 Å². The Kier molecular flexibility index (Phi) is 3.74. The average molecular weight is 262 g/mol. The number of hydrogen-bond donors (Lipinski definition) is 1. The van der Waals surface area contributed by atoms with Gasteiger partial charge in [-0.25, -0.2) is 4.79 Å². The quantitative estimate of drug-likeness (QED) is 0.844. The first kappa shape index (κ1) is 13.4. The summed E-state index contributed by atoms with van der Waals surface area (Å²) in [6.07, 6.45) is 0.610. The van der Waals surface area contributed by atoms with Gasteiger partial charge >= 0.3 is 5.97 Å². The number of esters is 1. The molecule has 0 aromatic heterocycles. The third-order valence-electron chi connectivity index (χ3n) is 3.22. The number of carbonyl (C=O) groups excluding carboxylic acids is 2. The SMILES string of the molecule is CC(=O)N(C)c1cccc(N[C@@H]2C[C@@H](C)OC2=O)c1. The molecule has 1 N–H and O–H groups in total. The Morgan fingerprint density at radius 3 is 2.79 bits per heavy atom. The van der Waals surface area contributed by atoms with Crippen LogP contribution in [0.25, 0.3) is 0 Å². The van der Waals surface area contributed by atoms with E-state index in [0.717, 1.165) is 11.4 Å². The Hall–Kier alpha value is -2.04. The maximum Gasteiger partial charge on any atom is 0.328 e. The Bertz CT molecular complexity index is 501. The number of cyclic esters (lactones) is 1. The Morgan fingerprint density at radius 1 is 1.47 bits per heavy atom. The summed E-state index contributed by atoms with van der Waals surface area (Å²) in [5, 5.41) is 3.14. The zero-order chi connectivity index (χ0) is 14.0. The van der Waals surface area contributed by atoms with Crippen LogP contribution in [0, 0.1) is 0 Å². The maximum atomic E-state index is 11.6. The molecular formula is C14H18N2O3. The van der Waals surface area contributed by atoms with E-state index in [4.69, 9.17) is 4.74 Å². The predicted molar refractivity (Wildman–Crippen MR) is 73.1 cm³/mol. The molecule has 1 aromatic carbocycles. The summed E-state index contributed by atoms with van der Waals surface area (Å²) < 4.78 is 5.10. The van der Waals surface area contributed by atoms with Crippen molar-refractivity contribution in [2.75, 3.05) is 17.3 Å². The van der Waals surface area contributed by atoms with Gasteiger partial charge in [0.1, 0.15) is 12.1 Å². The third kappa shape index (κ3) is 3.05. The zero-order valence-electron chi connectivity index (χ0n) is 11.3. The molecule has 0 unspecified atom stereocenters. The number of amides is 1. The molecule has 2 rings (SSSR count). The van der Waals surface area contributed by atoms with E-state index >= 15 is 0 Å². The summed E-state index contributed by atoms with van der Waals surface area (Å²) in [6.45, 7) is 3.38. The zero-order valence-corrected chi connectivity index (χ0v) is 11.3. The van der Waals surface area contributed by atoms with Gasteiger partial charge in [-0.15, -0.1) is 0 Å². The molecule has 1 aliphatic rings. The molecule has 1 saturated heterocycles. The average Bonchev–Trinajstić information content (AvgIpc) is 2.67. The molecule has 0 spiro atoms. The molecule has 2 atom stereocenters. The normalized spacial score (nSPS) is 21.9. The second kappa shape index (κ2) is 5.30. The maximum absolute atomic E-state index is 11.6. The smallest absolute Gasteiger partial charge is 0.328 e. The summed E-state index contributed by atoms with van der Waals surface area (Å²) in [5.74, 6) is -0.260. The lowest BCUT2D eigenvalue weighted by atomic mass is 10.1. The van der Waals surface area contributed by atoms with Crippen molar-refractivity contribution in [1.82, 2.24) is 0 Å². The van der Waals surface area contributed by atoms with Gasteiger partial charge in [-0.3, -0.25) is 4.79 Å². The molecule has 1 aromatic rings. The molecule has 1 amide bonds. The fraction of sp³-hybridized carbons (Fsp3) is 0.429. The van der Waals surface area contributed by atoms with Crippen LogP contribution in [-0.2, 0) is 14.3 Å². The van der Waals surface area contributed by atoms with Gasteiger partial charge in [-0.1, -0.05) is 6.07 Å². The highest BCUT2D eigenvalue weighted by atomic mass is 16.6. The van der Waals surface area contributed by atoms with Crippen molar-refractivity contribution >= 4 is 23.3 Å². The number of nitrogens with one attached hydrogen (secondary N) is 1. The Morgan fingerprint density at radius 2 is 2.21 bits per heavy atom. The molecule has 5 heteroatoms. The molecule has 19 heavy (non-hydrogen) atoms. The van der Waals surface area contributed by atoms with Crippen molar-refractivity contribution in [3.63, 3.8) is 0 Å². The number of rotatable bonds is 3. The second-order valence-electron chi connectivity index (χ2n) is 4.81. The van der Waals surface area contributed by atoms with Crippen LogP contribution < -0.4 is 10.2 Å². The summed E-state index contributed by atoms with van der Waals surface area (Å²) in [5.41, 5.74) is 1.60. The first-order valence-electron chi connectivity index (χ1n) is 6.29. The van der Waals surface area contributed by atoms with Crippen LogP contribution in [0.15, 0.2) is 24.3 Å². The van der Waals surface area contributed by atoms with Crippen LogP contribution in [0.4, 0.5) is 11.4 Å². The van der Waals surface area contributed by atoms with Gasteiger partial charge < -0.3 is 15.0 Å². The highest BCUT2D eigenvalue weighted by Crippen LogP contribution is 2.23. The van der Waals surface area contributed by atoms with Crippen LogP contribution >= 0.6 is 0 Å². The van der Waals surface area contributed by atoms with Crippen LogP contribution in [0.3, 0.4) is 0 Å². The highest BCUT2D eigenvalue weighted by Gasteiger charge is 2.31. The largest absolute Gasteiger partial charge is 0.461 e. The first-order valence-corrected chi connectivity index (χ1v) is 6.29. The van der Waals surface area contributed by atoms with E-state index in [0.29, 0.717) is 6.42 Å². The molecule has 0 bridgehead atoms. The van der Waals surface area contributed by atoms with Crippen molar-refractivity contribution in [3.05, 3.63) is 24.3 Å². The van der Waals surface area contributed by atoms with E-state index in [9.17, 15) is 9.59 Å². The molecular weight excluding hydrogens is 244 g/mol. The molecule has 1 heterocycles. The monoisotopic (exact) mass is 262 g/mol. The van der Waals surface area contributed by atoms with Crippen molar-refractivity contribution in [2.24, 2.45) is 0 Å². The molecule has 0 aliphatic carbocycles. The minimum absolute atomic E-state index is 0.0361. The predicted octanol–water partition coefficient (Wildman–Crippen LogP) is 1.79. The van der Waals surface area contributed by atoms with Gasteiger partial charge in [0.2, 0.25) is 5.91 Å². The molecule has 0 saturated carbocycles. The summed E-state index contributed by atoms with van der Waals surface area (Å²) >= 11 is 0. The van der Waals surface area contributed by atoms with Crippen molar-refractivity contribution < 1.29 is 14.3 Å². The van der Waals surface area contributed by atoms with E-state index in [1.54, 1.807) is 11.9 Å². The minimum atomic E-state index is -0.312. The first-order chi connectivity index (χ1) is 8.97. The topological polar surface area (TPSA) is 58.6 Å². The summed E-state index contributed by atoms with van der Waals surface area (Å²) in [4.78, 5) is 24.4. The van der Waals surface area contributed by atoms with Gasteiger partial charge in [0.15, 0.2) is 0 Å². The van der Waals surface area contributed by atoms with E-state index in [-0.39, 0.29) is 24.0 Å². The van der Waals surface area contributed by atoms with E-state index < -0.39 is 0 Å². The van der Waals surface area contributed by atoms with Crippen LogP contribution in [0.5, 0.6) is 0 Å². The number of nitrogens with zero attached hydrogens (tertiary/aromatic N) is 1. The van der Waals surface area contributed by atoms with Crippen LogP contribution in [0.2, 0.25) is 0 Å². The Labute approximate surface area is 112 Å². The number of benzene rings is 1. The van der Waals surface area contributed by atoms with Crippen molar-refractivity contribution in [1.29, 1.82) is 0 Å². The van der Waals surface area contributed by atoms with Crippen molar-refractivity contribution in [2.45, 2.75) is 32.4 Å². The second-order valence-corrected chi connectivity index (χ2v) is 4.81. The molecule has 0 radical (unpaired) electrons. The molecule has 1 aliphatic heterocycles. The number of hydrogen-bond acceptors (Lipinski definition) is 4. The molecule has 1 fully saturated rings. The van der Waals surface area contributed by atoms with Gasteiger partial charge in [-0.2, -0.15) is 0 Å². The minimum Gasteiger partial charge on any atom is -0.461 e. The van der Waals surface area contributed by atoms with Gasteiger partial charge in [0.25, 0.3) is 0 Å². The lowest BCUT2D eigenvalue weighted by Crippen LogP contribution is -2.25. The molecule has 5 nitrogen and oxygen atoms in total. The fourth-order valence-electron chi connectivity index (χ4n) is 2.06. The number of anilines is 2. The van der Waals surface area contributed by atoms with E-state index in [1.165, 1.54) is 6.92 Å². The van der Waals surface area contributed by atoms with Crippen LogP contribution in [-0.4, -0.2) is 31.1 Å². The lowest BCUT2D eigenvalue weighted by molar-refractivity contribution is -0.141. The fourth-order valence-corrected chi connectivity index (χ4v) is 2.06. The van der Waals surface area contributed by atoms with Gasteiger partial charge in [-0.05, 0) is 25.1 Å². The lowest BCUT2D eigenvalue weighted by Gasteiger charge is -2.17. The highest BCUT2D eigenvalue weighted by molar-refractivity contribution is 5.91. The number of ether oxygens (including phenoxy) is 1.